The number of carbonyl (C=O) groups is 1. The van der Waals surface area contributed by atoms with Crippen LogP contribution >= 0.6 is 0 Å². The first-order chi connectivity index (χ1) is 19.6. The van der Waals surface area contributed by atoms with Gasteiger partial charge in [-0.15, -0.1) is 0 Å². The van der Waals surface area contributed by atoms with Crippen molar-refractivity contribution >= 4 is 28.4 Å². The van der Waals surface area contributed by atoms with Gasteiger partial charge in [0.25, 0.3) is 5.56 Å². The average Bonchev–Trinajstić information content (AvgIpc) is 2.96. The maximum absolute atomic E-state index is 14.7. The van der Waals surface area contributed by atoms with Crippen LogP contribution in [0.1, 0.15) is 76.0 Å². The van der Waals surface area contributed by atoms with Crippen LogP contribution in [0.2, 0.25) is 0 Å². The topological polar surface area (TPSA) is 116 Å². The second-order valence-electron chi connectivity index (χ2n) is 11.0. The Morgan fingerprint density at radius 1 is 1.02 bits per heavy atom. The molecule has 0 aliphatic heterocycles. The molecule has 2 aromatic carbocycles. The van der Waals surface area contributed by atoms with Gasteiger partial charge in [0.1, 0.15) is 17.1 Å². The van der Waals surface area contributed by atoms with E-state index in [9.17, 15) is 9.59 Å². The van der Waals surface area contributed by atoms with Gasteiger partial charge in [-0.05, 0) is 64.8 Å². The molecule has 2 heterocycles. The van der Waals surface area contributed by atoms with Crippen molar-refractivity contribution in [3.05, 3.63) is 81.8 Å². The highest BCUT2D eigenvalue weighted by atomic mass is 16.5. The third kappa shape index (κ3) is 5.70. The van der Waals surface area contributed by atoms with Crippen molar-refractivity contribution in [3.8, 4) is 16.9 Å². The van der Waals surface area contributed by atoms with Gasteiger partial charge in [-0.2, -0.15) is 0 Å². The number of fused-ring (bicyclic) bond motifs is 1. The summed E-state index contributed by atoms with van der Waals surface area (Å²) in [7, 11) is 1.60. The second-order valence-corrected chi connectivity index (χ2v) is 11.0. The number of aromatic nitrogens is 2. The number of benzene rings is 2. The summed E-state index contributed by atoms with van der Waals surface area (Å²) in [6.45, 7) is 11.2. The molecule has 0 radical (unpaired) electrons. The lowest BCUT2D eigenvalue weighted by Gasteiger charge is -2.31. The monoisotopic (exact) mass is 555 g/mol. The van der Waals surface area contributed by atoms with Crippen LogP contribution in [0.15, 0.2) is 59.5 Å². The van der Waals surface area contributed by atoms with E-state index in [0.717, 1.165) is 40.5 Å². The summed E-state index contributed by atoms with van der Waals surface area (Å²) in [6.07, 6.45) is 3.35. The number of carbonyl (C=O) groups excluding carboxylic acids is 1. The van der Waals surface area contributed by atoms with Gasteiger partial charge in [-0.3, -0.25) is 14.3 Å². The summed E-state index contributed by atoms with van der Waals surface area (Å²) in [5.74, 6) is 0.686. The van der Waals surface area contributed by atoms with Crippen molar-refractivity contribution in [1.29, 1.82) is 0 Å². The van der Waals surface area contributed by atoms with Gasteiger partial charge in [0.15, 0.2) is 0 Å². The van der Waals surface area contributed by atoms with E-state index < -0.39 is 6.03 Å². The van der Waals surface area contributed by atoms with E-state index in [-0.39, 0.29) is 23.1 Å². The lowest BCUT2D eigenvalue weighted by atomic mass is 9.88. The number of urea groups is 1. The van der Waals surface area contributed by atoms with E-state index in [1.54, 1.807) is 17.9 Å². The van der Waals surface area contributed by atoms with Crippen molar-refractivity contribution in [2.45, 2.75) is 72.4 Å². The van der Waals surface area contributed by atoms with Crippen LogP contribution in [0, 0.1) is 0 Å². The first kappa shape index (κ1) is 29.8. The number of rotatable bonds is 10. The predicted octanol–water partition coefficient (Wildman–Crippen LogP) is 6.79. The molecule has 41 heavy (non-hydrogen) atoms. The van der Waals surface area contributed by atoms with Crippen LogP contribution in [0.25, 0.3) is 22.2 Å². The Labute approximate surface area is 241 Å². The quantitative estimate of drug-likeness (QED) is 0.223. The number of amides is 2. The minimum Gasteiger partial charge on any atom is -0.497 e. The van der Waals surface area contributed by atoms with E-state index in [0.29, 0.717) is 35.7 Å². The molecule has 0 atom stereocenters. The number of ether oxygens (including phenoxy) is 1. The fraction of sp³-hybridized carbons (Fsp3) is 0.364. The summed E-state index contributed by atoms with van der Waals surface area (Å²) in [5, 5.41) is 0.744. The number of anilines is 2. The Morgan fingerprint density at radius 2 is 1.71 bits per heavy atom. The minimum atomic E-state index is -0.735. The van der Waals surface area contributed by atoms with Crippen molar-refractivity contribution in [2.75, 3.05) is 12.0 Å². The normalized spacial score (nSPS) is 11.4. The Kier molecular flexibility index (Phi) is 9.13. The van der Waals surface area contributed by atoms with E-state index in [4.69, 9.17) is 16.2 Å². The largest absolute Gasteiger partial charge is 0.497 e. The molecule has 0 aliphatic rings. The number of pyridine rings is 2. The number of aryl methyl sites for hydroxylation is 1. The molecule has 0 spiro atoms. The molecule has 4 N–H and O–H groups in total. The summed E-state index contributed by atoms with van der Waals surface area (Å²) in [6, 6.07) is 14.6. The molecule has 0 saturated carbocycles. The molecule has 0 aliphatic carbocycles. The van der Waals surface area contributed by atoms with Crippen molar-refractivity contribution in [1.82, 2.24) is 9.55 Å². The molecule has 8 nitrogen and oxygen atoms in total. The molecule has 0 unspecified atom stereocenters. The minimum absolute atomic E-state index is 0.0283. The van der Waals surface area contributed by atoms with E-state index in [1.165, 1.54) is 4.90 Å². The van der Waals surface area contributed by atoms with Gasteiger partial charge in [0.05, 0.1) is 12.8 Å². The number of nitrogens with zero attached hydrogens (tertiary/aromatic N) is 3. The molecular weight excluding hydrogens is 514 g/mol. The molecule has 4 aromatic rings. The maximum Gasteiger partial charge on any atom is 0.324 e. The molecule has 0 bridgehead atoms. The number of hydrogen-bond acceptors (Lipinski definition) is 5. The van der Waals surface area contributed by atoms with Gasteiger partial charge < -0.3 is 16.2 Å². The van der Waals surface area contributed by atoms with Crippen LogP contribution in [0.4, 0.5) is 16.2 Å². The maximum atomic E-state index is 14.7. The highest BCUT2D eigenvalue weighted by Gasteiger charge is 2.32. The molecule has 4 rings (SSSR count). The number of unbranched alkanes of at least 4 members (excludes halogenated alkanes) is 1. The highest BCUT2D eigenvalue weighted by Crippen LogP contribution is 2.44. The third-order valence-corrected chi connectivity index (χ3v) is 7.47. The summed E-state index contributed by atoms with van der Waals surface area (Å²) in [5.41, 5.74) is 17.5. The predicted molar refractivity (Wildman–Crippen MR) is 167 cm³/mol. The molecule has 0 saturated heterocycles. The molecule has 0 fully saturated rings. The zero-order valence-corrected chi connectivity index (χ0v) is 24.9. The van der Waals surface area contributed by atoms with Gasteiger partial charge >= 0.3 is 6.03 Å². The number of methoxy groups -OCH3 is 1. The summed E-state index contributed by atoms with van der Waals surface area (Å²) < 4.78 is 7.21. The fourth-order valence-electron chi connectivity index (χ4n) is 5.40. The van der Waals surface area contributed by atoms with Gasteiger partial charge in [-0.25, -0.2) is 9.78 Å². The third-order valence-electron chi connectivity index (χ3n) is 7.47. The van der Waals surface area contributed by atoms with Gasteiger partial charge in [0.2, 0.25) is 0 Å². The Hall–Kier alpha value is -4.17. The first-order valence-electron chi connectivity index (χ1n) is 14.3. The van der Waals surface area contributed by atoms with Crippen LogP contribution in [-0.4, -0.2) is 22.7 Å². The zero-order valence-electron chi connectivity index (χ0n) is 24.9. The molecule has 2 aromatic heterocycles. The zero-order chi connectivity index (χ0) is 29.8. The SMILES string of the molecule is CCCCn1c(=O)c(N(C(N)=O)c2c(C(C)C)cc(CN)cc2C(C)C)c(-c2cccc(OC)c2)c2cccnc21. The van der Waals surface area contributed by atoms with Gasteiger partial charge in [-0.1, -0.05) is 65.3 Å². The molecule has 8 heteroatoms. The van der Waals surface area contributed by atoms with Crippen LogP contribution in [-0.2, 0) is 13.1 Å². The van der Waals surface area contributed by atoms with E-state index >= 15 is 0 Å². The Morgan fingerprint density at radius 3 is 2.27 bits per heavy atom. The molecule has 216 valence electrons. The van der Waals surface area contributed by atoms with Crippen LogP contribution in [0.3, 0.4) is 0 Å². The number of nitrogens with two attached hydrogens (primary N) is 2. The fourth-order valence-corrected chi connectivity index (χ4v) is 5.40. The first-order valence-corrected chi connectivity index (χ1v) is 14.3. The molecule has 2 amide bonds. The van der Waals surface area contributed by atoms with E-state index in [2.05, 4.69) is 39.6 Å². The molecular formula is C33H41N5O3. The van der Waals surface area contributed by atoms with Crippen LogP contribution in [0.5, 0.6) is 5.75 Å². The van der Waals surface area contributed by atoms with Crippen LogP contribution < -0.4 is 26.7 Å². The summed E-state index contributed by atoms with van der Waals surface area (Å²) in [4.78, 5) is 34.4. The van der Waals surface area contributed by atoms with Gasteiger partial charge in [0, 0.05) is 30.2 Å². The second kappa shape index (κ2) is 12.6. The average molecular weight is 556 g/mol. The number of primary amides is 1. The standard InChI is InChI=1S/C33H41N5O3/c1-7-8-15-37-31-25(13-10-14-36-31)28(23-11-9-12-24(18-23)41-6)30(32(37)39)38(33(35)40)29-26(20(2)3)16-22(19-34)17-27(29)21(4)5/h9-14,16-18,20-21H,7-8,15,19,34H2,1-6H3,(H2,35,40). The Bertz CT molecular complexity index is 1590. The van der Waals surface area contributed by atoms with Crippen molar-refractivity contribution in [3.63, 3.8) is 0 Å². The van der Waals surface area contributed by atoms with Crippen molar-refractivity contribution < 1.29 is 9.53 Å². The lowest BCUT2D eigenvalue weighted by Crippen LogP contribution is -2.39. The lowest BCUT2D eigenvalue weighted by molar-refractivity contribution is 0.256. The highest BCUT2D eigenvalue weighted by molar-refractivity contribution is 6.09. The van der Waals surface area contributed by atoms with Crippen molar-refractivity contribution in [2.24, 2.45) is 11.5 Å². The number of hydrogen-bond donors (Lipinski definition) is 2. The summed E-state index contributed by atoms with van der Waals surface area (Å²) >= 11 is 0. The van der Waals surface area contributed by atoms with E-state index in [1.807, 2.05) is 48.5 Å². The Balaban J connectivity index is 2.25. The smallest absolute Gasteiger partial charge is 0.324 e.